The van der Waals surface area contributed by atoms with Gasteiger partial charge in [0.05, 0.1) is 6.20 Å². The van der Waals surface area contributed by atoms with E-state index < -0.39 is 18.5 Å². The van der Waals surface area contributed by atoms with Gasteiger partial charge in [0.2, 0.25) is 0 Å². The van der Waals surface area contributed by atoms with Crippen molar-refractivity contribution in [3.8, 4) is 0 Å². The summed E-state index contributed by atoms with van der Waals surface area (Å²) in [5, 5.41) is 5.04. The molecule has 0 bridgehead atoms. The Kier molecular flexibility index (Phi) is 5.35. The summed E-state index contributed by atoms with van der Waals surface area (Å²) in [6.45, 7) is -0.452. The quantitative estimate of drug-likeness (QED) is 0.783. The first kappa shape index (κ1) is 16.1. The average molecular weight is 314 g/mol. The van der Waals surface area contributed by atoms with Crippen molar-refractivity contribution in [3.63, 3.8) is 0 Å². The van der Waals surface area contributed by atoms with Crippen molar-refractivity contribution in [1.82, 2.24) is 15.3 Å². The maximum Gasteiger partial charge on any atom is 0.359 e. The molecule has 1 heterocycles. The van der Waals surface area contributed by atoms with Crippen LogP contribution in [-0.2, 0) is 9.53 Å². The van der Waals surface area contributed by atoms with Crippen LogP contribution in [0.25, 0.3) is 0 Å². The zero-order valence-electron chi connectivity index (χ0n) is 12.3. The summed E-state index contributed by atoms with van der Waals surface area (Å²) < 4.78 is 4.82. The van der Waals surface area contributed by atoms with E-state index in [1.54, 1.807) is 24.3 Å². The molecule has 1 aromatic heterocycles. The molecule has 0 atom stereocenters. The number of esters is 1. The summed E-state index contributed by atoms with van der Waals surface area (Å²) in [7, 11) is 1.53. The molecule has 0 saturated carbocycles. The molecule has 0 fully saturated rings. The molecule has 2 amide bonds. The fourth-order valence-corrected chi connectivity index (χ4v) is 1.66. The Morgan fingerprint density at radius 3 is 2.48 bits per heavy atom. The molecule has 2 aromatic rings. The Hall–Kier alpha value is -3.29. The molecular formula is C15H14N4O4. The van der Waals surface area contributed by atoms with Gasteiger partial charge in [-0.2, -0.15) is 0 Å². The van der Waals surface area contributed by atoms with Crippen LogP contribution in [0.4, 0.5) is 5.69 Å². The van der Waals surface area contributed by atoms with Crippen LogP contribution in [0.1, 0.15) is 20.8 Å². The van der Waals surface area contributed by atoms with Crippen molar-refractivity contribution in [1.29, 1.82) is 0 Å². The van der Waals surface area contributed by atoms with Gasteiger partial charge in [-0.15, -0.1) is 0 Å². The standard InChI is InChI=1S/C15H14N4O4/c1-16-14(21)10-2-4-11(5-3-10)19-13(20)9-23-15(22)12-8-17-6-7-18-12/h2-8H,9H2,1H3,(H,16,21)(H,19,20). The zero-order valence-corrected chi connectivity index (χ0v) is 12.3. The number of hydrogen-bond acceptors (Lipinski definition) is 6. The Morgan fingerprint density at radius 1 is 1.13 bits per heavy atom. The van der Waals surface area contributed by atoms with Gasteiger partial charge in [-0.25, -0.2) is 9.78 Å². The number of hydrogen-bond donors (Lipinski definition) is 2. The van der Waals surface area contributed by atoms with Crippen molar-refractivity contribution < 1.29 is 19.1 Å². The number of anilines is 1. The van der Waals surface area contributed by atoms with Gasteiger partial charge >= 0.3 is 5.97 Å². The Bertz CT molecular complexity index is 701. The smallest absolute Gasteiger partial charge is 0.359 e. The minimum absolute atomic E-state index is 0.0234. The second-order valence-electron chi connectivity index (χ2n) is 4.37. The van der Waals surface area contributed by atoms with E-state index >= 15 is 0 Å². The largest absolute Gasteiger partial charge is 0.451 e. The summed E-state index contributed by atoms with van der Waals surface area (Å²) in [5.41, 5.74) is 0.980. The zero-order chi connectivity index (χ0) is 16.7. The monoisotopic (exact) mass is 314 g/mol. The lowest BCUT2D eigenvalue weighted by molar-refractivity contribution is -0.119. The van der Waals surface area contributed by atoms with E-state index in [4.69, 9.17) is 4.74 Å². The average Bonchev–Trinajstić information content (AvgIpc) is 2.60. The fourth-order valence-electron chi connectivity index (χ4n) is 1.66. The molecule has 2 N–H and O–H groups in total. The SMILES string of the molecule is CNC(=O)c1ccc(NC(=O)COC(=O)c2cnccn2)cc1. The first-order valence-electron chi connectivity index (χ1n) is 6.65. The Labute approximate surface area is 131 Å². The van der Waals surface area contributed by atoms with E-state index in [0.29, 0.717) is 11.3 Å². The minimum atomic E-state index is -0.733. The molecule has 8 nitrogen and oxygen atoms in total. The van der Waals surface area contributed by atoms with Crippen LogP contribution in [0.15, 0.2) is 42.9 Å². The first-order valence-corrected chi connectivity index (χ1v) is 6.65. The molecule has 1 aromatic carbocycles. The van der Waals surface area contributed by atoms with E-state index in [0.717, 1.165) is 0 Å². The first-order chi connectivity index (χ1) is 11.1. The lowest BCUT2D eigenvalue weighted by Crippen LogP contribution is -2.21. The molecule has 118 valence electrons. The summed E-state index contributed by atoms with van der Waals surface area (Å²) in [5.74, 6) is -1.46. The molecule has 0 unspecified atom stereocenters. The second kappa shape index (κ2) is 7.64. The highest BCUT2D eigenvalue weighted by molar-refractivity contribution is 5.96. The number of amides is 2. The van der Waals surface area contributed by atoms with E-state index in [1.165, 1.54) is 25.6 Å². The molecule has 0 saturated heterocycles. The number of nitrogens with zero attached hydrogens (tertiary/aromatic N) is 2. The van der Waals surface area contributed by atoms with Crippen LogP contribution in [0, 0.1) is 0 Å². The van der Waals surface area contributed by atoms with E-state index in [2.05, 4.69) is 20.6 Å². The number of nitrogens with one attached hydrogen (secondary N) is 2. The van der Waals surface area contributed by atoms with Crippen molar-refractivity contribution >= 4 is 23.5 Å². The number of ether oxygens (including phenoxy) is 1. The van der Waals surface area contributed by atoms with Gasteiger partial charge in [-0.1, -0.05) is 0 Å². The highest BCUT2D eigenvalue weighted by Crippen LogP contribution is 2.09. The van der Waals surface area contributed by atoms with Gasteiger partial charge in [0.1, 0.15) is 0 Å². The van der Waals surface area contributed by atoms with Crippen molar-refractivity contribution in [3.05, 3.63) is 54.1 Å². The Morgan fingerprint density at radius 2 is 1.87 bits per heavy atom. The number of carbonyl (C=O) groups is 3. The van der Waals surface area contributed by atoms with Crippen LogP contribution >= 0.6 is 0 Å². The molecule has 8 heteroatoms. The number of carbonyl (C=O) groups excluding carboxylic acids is 3. The molecular weight excluding hydrogens is 300 g/mol. The molecule has 2 rings (SSSR count). The number of benzene rings is 1. The highest BCUT2D eigenvalue weighted by Gasteiger charge is 2.11. The number of aromatic nitrogens is 2. The van der Waals surface area contributed by atoms with Gasteiger partial charge in [0.15, 0.2) is 12.3 Å². The normalized spacial score (nSPS) is 9.78. The van der Waals surface area contributed by atoms with Crippen LogP contribution in [0.5, 0.6) is 0 Å². The van der Waals surface area contributed by atoms with Gasteiger partial charge in [-0.05, 0) is 24.3 Å². The topological polar surface area (TPSA) is 110 Å². The summed E-state index contributed by atoms with van der Waals surface area (Å²) in [6.07, 6.45) is 4.02. The third kappa shape index (κ3) is 4.60. The molecule has 0 radical (unpaired) electrons. The predicted octanol–water partition coefficient (Wildman–Crippen LogP) is 0.632. The summed E-state index contributed by atoms with van der Waals surface area (Å²) in [4.78, 5) is 42.2. The molecule has 23 heavy (non-hydrogen) atoms. The maximum atomic E-state index is 11.7. The predicted molar refractivity (Wildman–Crippen MR) is 80.8 cm³/mol. The lowest BCUT2D eigenvalue weighted by Gasteiger charge is -2.07. The third-order valence-electron chi connectivity index (χ3n) is 2.76. The Balaban J connectivity index is 1.85. The van der Waals surface area contributed by atoms with Gasteiger partial charge < -0.3 is 15.4 Å². The second-order valence-corrected chi connectivity index (χ2v) is 4.37. The summed E-state index contributed by atoms with van der Waals surface area (Å²) >= 11 is 0. The van der Waals surface area contributed by atoms with Crippen molar-refractivity contribution in [2.45, 2.75) is 0 Å². The van der Waals surface area contributed by atoms with Gasteiger partial charge in [0, 0.05) is 30.7 Å². The van der Waals surface area contributed by atoms with Crippen LogP contribution in [0.3, 0.4) is 0 Å². The molecule has 0 spiro atoms. The molecule has 0 aliphatic carbocycles. The highest BCUT2D eigenvalue weighted by atomic mass is 16.5. The minimum Gasteiger partial charge on any atom is -0.451 e. The molecule has 0 aliphatic rings. The van der Waals surface area contributed by atoms with E-state index in [9.17, 15) is 14.4 Å². The van der Waals surface area contributed by atoms with Gasteiger partial charge in [-0.3, -0.25) is 14.6 Å². The van der Waals surface area contributed by atoms with E-state index in [-0.39, 0.29) is 11.6 Å². The number of rotatable bonds is 5. The van der Waals surface area contributed by atoms with E-state index in [1.807, 2.05) is 0 Å². The van der Waals surface area contributed by atoms with Gasteiger partial charge in [0.25, 0.3) is 11.8 Å². The molecule has 0 aliphatic heterocycles. The summed E-state index contributed by atoms with van der Waals surface area (Å²) in [6, 6.07) is 6.29. The fraction of sp³-hybridized carbons (Fsp3) is 0.133. The van der Waals surface area contributed by atoms with Crippen LogP contribution in [-0.4, -0.2) is 41.4 Å². The van der Waals surface area contributed by atoms with Crippen molar-refractivity contribution in [2.75, 3.05) is 19.0 Å². The maximum absolute atomic E-state index is 11.7. The third-order valence-corrected chi connectivity index (χ3v) is 2.76. The lowest BCUT2D eigenvalue weighted by atomic mass is 10.2. The van der Waals surface area contributed by atoms with Crippen LogP contribution in [0.2, 0.25) is 0 Å². The van der Waals surface area contributed by atoms with Crippen LogP contribution < -0.4 is 10.6 Å². The van der Waals surface area contributed by atoms with Crippen molar-refractivity contribution in [2.24, 2.45) is 0 Å².